The molecule has 2 aromatic rings. The highest BCUT2D eigenvalue weighted by atomic mass is 19.4. The number of nitrogens with two attached hydrogens (primary N) is 1. The van der Waals surface area contributed by atoms with Gasteiger partial charge in [0.1, 0.15) is 0 Å². The summed E-state index contributed by atoms with van der Waals surface area (Å²) in [5, 5.41) is 3.52. The van der Waals surface area contributed by atoms with Crippen molar-refractivity contribution in [2.24, 2.45) is 5.73 Å². The maximum Gasteiger partial charge on any atom is 0.389 e. The van der Waals surface area contributed by atoms with Crippen LogP contribution < -0.4 is 5.73 Å². The van der Waals surface area contributed by atoms with E-state index in [0.29, 0.717) is 6.42 Å². The van der Waals surface area contributed by atoms with Crippen molar-refractivity contribution in [3.05, 3.63) is 47.6 Å². The average molecular weight is 285 g/mol. The molecule has 0 aliphatic carbocycles. The zero-order valence-corrected chi connectivity index (χ0v) is 10.6. The Labute approximate surface area is 113 Å². The molecule has 0 spiro atoms. The Hall–Kier alpha value is -1.89. The number of aryl methyl sites for hydroxylation is 1. The molecular weight excluding hydrogens is 271 g/mol. The molecule has 1 aromatic heterocycles. The zero-order valence-electron chi connectivity index (χ0n) is 10.6. The van der Waals surface area contributed by atoms with Crippen LogP contribution in [0.5, 0.6) is 0 Å². The summed E-state index contributed by atoms with van der Waals surface area (Å²) in [6.07, 6.45) is -5.01. The Morgan fingerprint density at radius 3 is 2.55 bits per heavy atom. The molecule has 0 saturated heterocycles. The molecule has 1 unspecified atom stereocenters. The standard InChI is InChI=1S/C13H14F3N3O/c14-13(15,16)7-6-11-18-12(20-19-11)10(17)8-9-4-2-1-3-5-9/h1-5,10H,6-8,17H2. The van der Waals surface area contributed by atoms with Crippen LogP contribution in [0.1, 0.15) is 29.7 Å². The molecule has 20 heavy (non-hydrogen) atoms. The highest BCUT2D eigenvalue weighted by Gasteiger charge is 2.28. The fourth-order valence-electron chi connectivity index (χ4n) is 1.73. The highest BCUT2D eigenvalue weighted by molar-refractivity contribution is 5.16. The fraction of sp³-hybridized carbons (Fsp3) is 0.385. The van der Waals surface area contributed by atoms with Crippen molar-refractivity contribution in [2.75, 3.05) is 0 Å². The second-order valence-corrected chi connectivity index (χ2v) is 4.46. The van der Waals surface area contributed by atoms with Crippen molar-refractivity contribution in [2.45, 2.75) is 31.5 Å². The van der Waals surface area contributed by atoms with Gasteiger partial charge in [-0.2, -0.15) is 18.2 Å². The fourth-order valence-corrected chi connectivity index (χ4v) is 1.73. The number of rotatable bonds is 5. The molecule has 1 atom stereocenters. The van der Waals surface area contributed by atoms with Crippen molar-refractivity contribution in [1.82, 2.24) is 10.1 Å². The Balaban J connectivity index is 1.94. The predicted molar refractivity (Wildman–Crippen MR) is 65.7 cm³/mol. The Kier molecular flexibility index (Phi) is 4.39. The maximum absolute atomic E-state index is 12.1. The summed E-state index contributed by atoms with van der Waals surface area (Å²) in [4.78, 5) is 3.91. The Bertz CT molecular complexity index is 539. The van der Waals surface area contributed by atoms with Crippen LogP contribution >= 0.6 is 0 Å². The van der Waals surface area contributed by atoms with E-state index in [1.165, 1.54) is 0 Å². The smallest absolute Gasteiger partial charge is 0.338 e. The largest absolute Gasteiger partial charge is 0.389 e. The van der Waals surface area contributed by atoms with E-state index in [4.69, 9.17) is 10.3 Å². The molecule has 108 valence electrons. The van der Waals surface area contributed by atoms with Crippen LogP contribution in [0, 0.1) is 0 Å². The van der Waals surface area contributed by atoms with Gasteiger partial charge in [0.2, 0.25) is 5.89 Å². The maximum atomic E-state index is 12.1. The molecule has 0 saturated carbocycles. The van der Waals surface area contributed by atoms with Gasteiger partial charge in [-0.1, -0.05) is 35.5 Å². The molecular formula is C13H14F3N3O. The quantitative estimate of drug-likeness (QED) is 0.917. The van der Waals surface area contributed by atoms with Crippen LogP contribution in [0.3, 0.4) is 0 Å². The van der Waals surface area contributed by atoms with Crippen LogP contribution in [0.2, 0.25) is 0 Å². The van der Waals surface area contributed by atoms with Gasteiger partial charge in [-0.25, -0.2) is 0 Å². The SMILES string of the molecule is NC(Cc1ccccc1)c1nc(CCC(F)(F)F)no1. The summed E-state index contributed by atoms with van der Waals surface area (Å²) in [5.74, 6) is 0.187. The average Bonchev–Trinajstić information content (AvgIpc) is 2.86. The van der Waals surface area contributed by atoms with Gasteiger partial charge in [0.15, 0.2) is 5.82 Å². The first kappa shape index (κ1) is 14.5. The number of hydrogen-bond acceptors (Lipinski definition) is 4. The second kappa shape index (κ2) is 6.04. The van der Waals surface area contributed by atoms with Crippen LogP contribution in [-0.4, -0.2) is 16.3 Å². The first-order valence-electron chi connectivity index (χ1n) is 6.13. The summed E-state index contributed by atoms with van der Waals surface area (Å²) < 4.78 is 41.2. The third-order valence-electron chi connectivity index (χ3n) is 2.73. The van der Waals surface area contributed by atoms with Gasteiger partial charge in [0.25, 0.3) is 0 Å². The molecule has 0 amide bonds. The first-order valence-corrected chi connectivity index (χ1v) is 6.13. The second-order valence-electron chi connectivity index (χ2n) is 4.46. The van der Waals surface area contributed by atoms with Gasteiger partial charge in [-0.15, -0.1) is 0 Å². The summed E-state index contributed by atoms with van der Waals surface area (Å²) >= 11 is 0. The summed E-state index contributed by atoms with van der Waals surface area (Å²) in [7, 11) is 0. The van der Waals surface area contributed by atoms with E-state index in [9.17, 15) is 13.2 Å². The molecule has 0 aliphatic heterocycles. The van der Waals surface area contributed by atoms with Gasteiger partial charge in [0, 0.05) is 6.42 Å². The molecule has 1 heterocycles. The van der Waals surface area contributed by atoms with Gasteiger partial charge in [-0.3, -0.25) is 0 Å². The van der Waals surface area contributed by atoms with Crippen LogP contribution in [-0.2, 0) is 12.8 Å². The summed E-state index contributed by atoms with van der Waals surface area (Å²) in [5.41, 5.74) is 6.90. The van der Waals surface area contributed by atoms with E-state index in [0.717, 1.165) is 5.56 Å². The monoisotopic (exact) mass is 285 g/mol. The van der Waals surface area contributed by atoms with Crippen molar-refractivity contribution < 1.29 is 17.7 Å². The third-order valence-corrected chi connectivity index (χ3v) is 2.73. The molecule has 0 fully saturated rings. The summed E-state index contributed by atoms with van der Waals surface area (Å²) in [6, 6.07) is 8.93. The molecule has 0 aliphatic rings. The number of aromatic nitrogens is 2. The molecule has 0 radical (unpaired) electrons. The van der Waals surface area contributed by atoms with Crippen molar-refractivity contribution >= 4 is 0 Å². The Morgan fingerprint density at radius 1 is 1.20 bits per heavy atom. The number of hydrogen-bond donors (Lipinski definition) is 1. The molecule has 2 N–H and O–H groups in total. The summed E-state index contributed by atoms with van der Waals surface area (Å²) in [6.45, 7) is 0. The molecule has 2 rings (SSSR count). The lowest BCUT2D eigenvalue weighted by molar-refractivity contribution is -0.134. The lowest BCUT2D eigenvalue weighted by Gasteiger charge is -2.06. The zero-order chi connectivity index (χ0) is 14.6. The van der Waals surface area contributed by atoms with E-state index in [-0.39, 0.29) is 18.1 Å². The van der Waals surface area contributed by atoms with Crippen molar-refractivity contribution in [3.63, 3.8) is 0 Å². The van der Waals surface area contributed by atoms with Crippen LogP contribution in [0.4, 0.5) is 13.2 Å². The third kappa shape index (κ3) is 4.34. The van der Waals surface area contributed by atoms with Gasteiger partial charge in [-0.05, 0) is 12.0 Å². The Morgan fingerprint density at radius 2 is 1.90 bits per heavy atom. The lowest BCUT2D eigenvalue weighted by atomic mass is 10.1. The predicted octanol–water partition coefficient (Wildman–Crippen LogP) is 2.81. The van der Waals surface area contributed by atoms with Gasteiger partial charge < -0.3 is 10.3 Å². The number of halogens is 3. The lowest BCUT2D eigenvalue weighted by Crippen LogP contribution is -2.14. The topological polar surface area (TPSA) is 64.9 Å². The minimum absolute atomic E-state index is 0.0286. The number of alkyl halides is 3. The van der Waals surface area contributed by atoms with Crippen LogP contribution in [0.15, 0.2) is 34.9 Å². The number of nitrogens with zero attached hydrogens (tertiary/aromatic N) is 2. The van der Waals surface area contributed by atoms with E-state index < -0.39 is 18.6 Å². The number of benzene rings is 1. The van der Waals surface area contributed by atoms with E-state index >= 15 is 0 Å². The van der Waals surface area contributed by atoms with Gasteiger partial charge in [0.05, 0.1) is 12.5 Å². The van der Waals surface area contributed by atoms with E-state index in [2.05, 4.69) is 10.1 Å². The molecule has 4 nitrogen and oxygen atoms in total. The van der Waals surface area contributed by atoms with E-state index in [1.54, 1.807) is 0 Å². The minimum atomic E-state index is -4.23. The van der Waals surface area contributed by atoms with Crippen LogP contribution in [0.25, 0.3) is 0 Å². The first-order chi connectivity index (χ1) is 9.44. The van der Waals surface area contributed by atoms with Crippen molar-refractivity contribution in [1.29, 1.82) is 0 Å². The molecule has 1 aromatic carbocycles. The highest BCUT2D eigenvalue weighted by Crippen LogP contribution is 2.22. The van der Waals surface area contributed by atoms with Crippen molar-refractivity contribution in [3.8, 4) is 0 Å². The minimum Gasteiger partial charge on any atom is -0.338 e. The normalized spacial score (nSPS) is 13.4. The van der Waals surface area contributed by atoms with Gasteiger partial charge >= 0.3 is 6.18 Å². The molecule has 0 bridgehead atoms. The van der Waals surface area contributed by atoms with E-state index in [1.807, 2.05) is 30.3 Å². The molecule has 7 heteroatoms.